The van der Waals surface area contributed by atoms with Crippen molar-refractivity contribution in [2.75, 3.05) is 17.7 Å². The lowest BCUT2D eigenvalue weighted by molar-refractivity contribution is 0.917. The van der Waals surface area contributed by atoms with Gasteiger partial charge in [-0.25, -0.2) is 9.97 Å². The first-order valence-electron chi connectivity index (χ1n) is 5.31. The predicted octanol–water partition coefficient (Wildman–Crippen LogP) is 1.23. The van der Waals surface area contributed by atoms with Crippen LogP contribution >= 0.6 is 0 Å². The Bertz CT molecular complexity index is 485. The predicted molar refractivity (Wildman–Crippen MR) is 65.7 cm³/mol. The van der Waals surface area contributed by atoms with Crippen molar-refractivity contribution in [1.82, 2.24) is 20.2 Å². The molecule has 0 aliphatic rings. The van der Waals surface area contributed by atoms with E-state index in [1.54, 1.807) is 6.20 Å². The molecular weight excluding hydrogens is 216 g/mol. The molecule has 2 N–H and O–H groups in total. The molecule has 0 saturated carbocycles. The topological polar surface area (TPSA) is 75.6 Å². The van der Waals surface area contributed by atoms with Crippen LogP contribution in [0.15, 0.2) is 24.7 Å². The van der Waals surface area contributed by atoms with Crippen LogP contribution in [-0.4, -0.2) is 27.2 Å². The van der Waals surface area contributed by atoms with E-state index in [0.29, 0.717) is 6.54 Å². The maximum atomic E-state index is 4.19. The molecule has 0 aromatic carbocycles. The zero-order valence-electron chi connectivity index (χ0n) is 9.81. The highest BCUT2D eigenvalue weighted by Crippen LogP contribution is 2.17. The zero-order chi connectivity index (χ0) is 12.1. The van der Waals surface area contributed by atoms with Crippen LogP contribution in [0.25, 0.3) is 0 Å². The summed E-state index contributed by atoms with van der Waals surface area (Å²) in [6.07, 6.45) is 3.18. The van der Waals surface area contributed by atoms with E-state index < -0.39 is 0 Å². The highest BCUT2D eigenvalue weighted by molar-refractivity contribution is 5.56. The lowest BCUT2D eigenvalue weighted by atomic mass is 10.3. The standard InChI is InChI=1S/C11H14N6/c1-8-10(12-2)14-7-15-11(8)13-6-9-4-3-5-16-17-9/h3-5,7H,6H2,1-2H3,(H2,12,13,14,15). The smallest absolute Gasteiger partial charge is 0.134 e. The van der Waals surface area contributed by atoms with Crippen molar-refractivity contribution >= 4 is 11.6 Å². The van der Waals surface area contributed by atoms with Crippen molar-refractivity contribution in [1.29, 1.82) is 0 Å². The zero-order valence-corrected chi connectivity index (χ0v) is 9.81. The Kier molecular flexibility index (Phi) is 3.44. The molecule has 0 unspecified atom stereocenters. The Morgan fingerprint density at radius 1 is 1.24 bits per heavy atom. The van der Waals surface area contributed by atoms with Crippen LogP contribution in [-0.2, 0) is 6.54 Å². The molecule has 2 aromatic heterocycles. The second-order valence-electron chi connectivity index (χ2n) is 3.51. The largest absolute Gasteiger partial charge is 0.373 e. The molecule has 0 spiro atoms. The van der Waals surface area contributed by atoms with Gasteiger partial charge in [-0.3, -0.25) is 0 Å². The van der Waals surface area contributed by atoms with E-state index in [2.05, 4.69) is 30.8 Å². The van der Waals surface area contributed by atoms with E-state index in [-0.39, 0.29) is 0 Å². The summed E-state index contributed by atoms with van der Waals surface area (Å²) in [7, 11) is 1.84. The summed E-state index contributed by atoms with van der Waals surface area (Å²) in [4.78, 5) is 8.31. The van der Waals surface area contributed by atoms with Crippen LogP contribution < -0.4 is 10.6 Å². The molecule has 0 saturated heterocycles. The maximum Gasteiger partial charge on any atom is 0.134 e. The summed E-state index contributed by atoms with van der Waals surface area (Å²) in [6.45, 7) is 2.56. The first-order valence-corrected chi connectivity index (χ1v) is 5.31. The van der Waals surface area contributed by atoms with E-state index in [1.165, 1.54) is 6.33 Å². The quantitative estimate of drug-likeness (QED) is 0.822. The van der Waals surface area contributed by atoms with Crippen molar-refractivity contribution < 1.29 is 0 Å². The van der Waals surface area contributed by atoms with Crippen molar-refractivity contribution in [2.45, 2.75) is 13.5 Å². The van der Waals surface area contributed by atoms with E-state index in [9.17, 15) is 0 Å². The first kappa shape index (κ1) is 11.3. The van der Waals surface area contributed by atoms with Gasteiger partial charge >= 0.3 is 0 Å². The Morgan fingerprint density at radius 2 is 2.06 bits per heavy atom. The van der Waals surface area contributed by atoms with Crippen molar-refractivity contribution in [3.63, 3.8) is 0 Å². The Balaban J connectivity index is 2.09. The summed E-state index contributed by atoms with van der Waals surface area (Å²) in [6, 6.07) is 3.77. The highest BCUT2D eigenvalue weighted by Gasteiger charge is 2.05. The lowest BCUT2D eigenvalue weighted by Crippen LogP contribution is -2.07. The molecule has 6 nitrogen and oxygen atoms in total. The van der Waals surface area contributed by atoms with E-state index in [0.717, 1.165) is 22.9 Å². The molecule has 0 aliphatic heterocycles. The minimum absolute atomic E-state index is 0.592. The normalized spacial score (nSPS) is 10.0. The molecule has 0 radical (unpaired) electrons. The van der Waals surface area contributed by atoms with E-state index >= 15 is 0 Å². The summed E-state index contributed by atoms with van der Waals surface area (Å²) >= 11 is 0. The van der Waals surface area contributed by atoms with Gasteiger partial charge in [-0.15, -0.1) is 0 Å². The monoisotopic (exact) mass is 230 g/mol. The third kappa shape index (κ3) is 2.66. The number of hydrogen-bond donors (Lipinski definition) is 2. The van der Waals surface area contributed by atoms with Crippen LogP contribution in [0.1, 0.15) is 11.3 Å². The Hall–Kier alpha value is -2.24. The van der Waals surface area contributed by atoms with Gasteiger partial charge in [0.25, 0.3) is 0 Å². The molecule has 0 atom stereocenters. The molecule has 0 fully saturated rings. The molecule has 88 valence electrons. The number of anilines is 2. The van der Waals surface area contributed by atoms with Gasteiger partial charge in [-0.2, -0.15) is 10.2 Å². The molecule has 0 amide bonds. The molecule has 0 aliphatic carbocycles. The second kappa shape index (κ2) is 5.20. The number of rotatable bonds is 4. The third-order valence-electron chi connectivity index (χ3n) is 2.39. The number of nitrogens with one attached hydrogen (secondary N) is 2. The van der Waals surface area contributed by atoms with E-state index in [1.807, 2.05) is 26.1 Å². The molecular formula is C11H14N6. The first-order chi connectivity index (χ1) is 8.31. The summed E-state index contributed by atoms with van der Waals surface area (Å²) in [5, 5.41) is 14.0. The number of nitrogens with zero attached hydrogens (tertiary/aromatic N) is 4. The molecule has 0 bridgehead atoms. The van der Waals surface area contributed by atoms with Crippen LogP contribution in [0.2, 0.25) is 0 Å². The van der Waals surface area contributed by atoms with Crippen LogP contribution in [0.3, 0.4) is 0 Å². The van der Waals surface area contributed by atoms with Gasteiger partial charge in [0.2, 0.25) is 0 Å². The molecule has 2 rings (SSSR count). The third-order valence-corrected chi connectivity index (χ3v) is 2.39. The minimum atomic E-state index is 0.592. The van der Waals surface area contributed by atoms with Crippen molar-refractivity contribution in [3.8, 4) is 0 Å². The molecule has 2 heterocycles. The van der Waals surface area contributed by atoms with Gasteiger partial charge in [0.15, 0.2) is 0 Å². The summed E-state index contributed by atoms with van der Waals surface area (Å²) in [5.74, 6) is 1.62. The van der Waals surface area contributed by atoms with Gasteiger partial charge in [0, 0.05) is 18.8 Å². The van der Waals surface area contributed by atoms with Gasteiger partial charge in [0.05, 0.1) is 12.2 Å². The van der Waals surface area contributed by atoms with Gasteiger partial charge in [0.1, 0.15) is 18.0 Å². The fourth-order valence-corrected chi connectivity index (χ4v) is 1.48. The number of aromatic nitrogens is 4. The highest BCUT2D eigenvalue weighted by atomic mass is 15.1. The lowest BCUT2D eigenvalue weighted by Gasteiger charge is -2.10. The average Bonchev–Trinajstić information content (AvgIpc) is 2.39. The van der Waals surface area contributed by atoms with Gasteiger partial charge in [-0.05, 0) is 19.1 Å². The number of hydrogen-bond acceptors (Lipinski definition) is 6. The average molecular weight is 230 g/mol. The summed E-state index contributed by atoms with van der Waals surface area (Å²) in [5.41, 5.74) is 1.86. The molecule has 6 heteroatoms. The second-order valence-corrected chi connectivity index (χ2v) is 3.51. The fraction of sp³-hybridized carbons (Fsp3) is 0.273. The van der Waals surface area contributed by atoms with Crippen LogP contribution in [0.4, 0.5) is 11.6 Å². The fourth-order valence-electron chi connectivity index (χ4n) is 1.48. The summed E-state index contributed by atoms with van der Waals surface area (Å²) < 4.78 is 0. The molecule has 2 aromatic rings. The maximum absolute atomic E-state index is 4.19. The molecule has 17 heavy (non-hydrogen) atoms. The Morgan fingerprint density at radius 3 is 2.76 bits per heavy atom. The Labute approximate surface area is 99.5 Å². The van der Waals surface area contributed by atoms with E-state index in [4.69, 9.17) is 0 Å². The minimum Gasteiger partial charge on any atom is -0.373 e. The van der Waals surface area contributed by atoms with Crippen LogP contribution in [0, 0.1) is 6.92 Å². The van der Waals surface area contributed by atoms with Crippen molar-refractivity contribution in [3.05, 3.63) is 35.9 Å². The van der Waals surface area contributed by atoms with Crippen molar-refractivity contribution in [2.24, 2.45) is 0 Å². The SMILES string of the molecule is CNc1ncnc(NCc2cccnn2)c1C. The van der Waals surface area contributed by atoms with Crippen LogP contribution in [0.5, 0.6) is 0 Å². The van der Waals surface area contributed by atoms with Gasteiger partial charge in [-0.1, -0.05) is 0 Å². The van der Waals surface area contributed by atoms with Gasteiger partial charge < -0.3 is 10.6 Å².